The van der Waals surface area contributed by atoms with E-state index in [4.69, 9.17) is 15.9 Å². The maximum atomic E-state index is 13.0. The van der Waals surface area contributed by atoms with Crippen molar-refractivity contribution in [2.24, 2.45) is 11.1 Å². The van der Waals surface area contributed by atoms with Crippen LogP contribution in [0.5, 0.6) is 5.75 Å². The van der Waals surface area contributed by atoms with Crippen molar-refractivity contribution in [1.82, 2.24) is 0 Å². The fraction of sp³-hybridized carbons (Fsp3) is 0.417. The molecular formula is C12H16BrFN2O. The highest BCUT2D eigenvalue weighted by Crippen LogP contribution is 2.27. The third-order valence-corrected chi connectivity index (χ3v) is 3.26. The van der Waals surface area contributed by atoms with Gasteiger partial charge in [0.05, 0.1) is 16.9 Å². The summed E-state index contributed by atoms with van der Waals surface area (Å²) < 4.78 is 19.2. The SMILES string of the molecule is CC(C)(CCOc1cc(F)ccc1Br)C(=N)N. The van der Waals surface area contributed by atoms with E-state index in [-0.39, 0.29) is 11.7 Å². The summed E-state index contributed by atoms with van der Waals surface area (Å²) in [5.41, 5.74) is 5.06. The first-order chi connectivity index (χ1) is 7.83. The number of nitrogens with one attached hydrogen (secondary N) is 1. The molecule has 0 radical (unpaired) electrons. The zero-order valence-electron chi connectivity index (χ0n) is 9.89. The van der Waals surface area contributed by atoms with Crippen LogP contribution in [-0.2, 0) is 0 Å². The molecule has 94 valence electrons. The monoisotopic (exact) mass is 302 g/mol. The highest BCUT2D eigenvalue weighted by molar-refractivity contribution is 9.10. The van der Waals surface area contributed by atoms with Crippen molar-refractivity contribution in [2.45, 2.75) is 20.3 Å². The van der Waals surface area contributed by atoms with Gasteiger partial charge in [0.2, 0.25) is 0 Å². The maximum Gasteiger partial charge on any atom is 0.136 e. The van der Waals surface area contributed by atoms with E-state index in [9.17, 15) is 4.39 Å². The lowest BCUT2D eigenvalue weighted by atomic mass is 9.88. The Morgan fingerprint density at radius 1 is 1.53 bits per heavy atom. The molecule has 0 heterocycles. The molecule has 1 aromatic rings. The van der Waals surface area contributed by atoms with Gasteiger partial charge in [-0.25, -0.2) is 4.39 Å². The minimum atomic E-state index is -0.403. The molecule has 1 rings (SSSR count). The van der Waals surface area contributed by atoms with E-state index in [1.165, 1.54) is 12.1 Å². The summed E-state index contributed by atoms with van der Waals surface area (Å²) in [5, 5.41) is 7.41. The minimum Gasteiger partial charge on any atom is -0.492 e. The molecule has 3 N–H and O–H groups in total. The molecule has 0 unspecified atom stereocenters. The second-order valence-electron chi connectivity index (χ2n) is 4.47. The zero-order valence-corrected chi connectivity index (χ0v) is 11.5. The van der Waals surface area contributed by atoms with Crippen molar-refractivity contribution >= 4 is 21.8 Å². The normalized spacial score (nSPS) is 11.3. The summed E-state index contributed by atoms with van der Waals surface area (Å²) in [6.45, 7) is 4.13. The van der Waals surface area contributed by atoms with Gasteiger partial charge in [-0.2, -0.15) is 0 Å². The molecule has 1 aromatic carbocycles. The van der Waals surface area contributed by atoms with Gasteiger partial charge in [0.25, 0.3) is 0 Å². The number of hydrogen-bond donors (Lipinski definition) is 2. The number of ether oxygens (including phenoxy) is 1. The summed E-state index contributed by atoms with van der Waals surface area (Å²) >= 11 is 3.28. The van der Waals surface area contributed by atoms with Gasteiger partial charge in [-0.15, -0.1) is 0 Å². The number of halogens is 2. The van der Waals surface area contributed by atoms with Gasteiger partial charge in [-0.05, 0) is 34.5 Å². The lowest BCUT2D eigenvalue weighted by Gasteiger charge is -2.22. The highest BCUT2D eigenvalue weighted by atomic mass is 79.9. The molecule has 17 heavy (non-hydrogen) atoms. The largest absolute Gasteiger partial charge is 0.492 e. The van der Waals surface area contributed by atoms with Crippen LogP contribution < -0.4 is 10.5 Å². The van der Waals surface area contributed by atoms with E-state index < -0.39 is 5.41 Å². The van der Waals surface area contributed by atoms with Gasteiger partial charge in [0, 0.05) is 11.5 Å². The van der Waals surface area contributed by atoms with Gasteiger partial charge in [0.1, 0.15) is 11.6 Å². The number of benzene rings is 1. The Kier molecular flexibility index (Phi) is 4.51. The Labute approximate surface area is 109 Å². The van der Waals surface area contributed by atoms with E-state index in [1.807, 2.05) is 13.8 Å². The first-order valence-electron chi connectivity index (χ1n) is 5.25. The predicted molar refractivity (Wildman–Crippen MR) is 69.9 cm³/mol. The number of nitrogens with two attached hydrogens (primary N) is 1. The molecule has 0 aliphatic carbocycles. The molecule has 0 saturated carbocycles. The van der Waals surface area contributed by atoms with Crippen LogP contribution in [0.3, 0.4) is 0 Å². The average Bonchev–Trinajstić information content (AvgIpc) is 2.22. The molecule has 0 atom stereocenters. The third kappa shape index (κ3) is 4.00. The lowest BCUT2D eigenvalue weighted by Crippen LogP contribution is -2.32. The fourth-order valence-corrected chi connectivity index (χ4v) is 1.50. The maximum absolute atomic E-state index is 13.0. The Balaban J connectivity index is 2.57. The molecule has 0 bridgehead atoms. The zero-order chi connectivity index (χ0) is 13.1. The number of rotatable bonds is 5. The summed E-state index contributed by atoms with van der Waals surface area (Å²) in [7, 11) is 0. The van der Waals surface area contributed by atoms with Crippen molar-refractivity contribution in [2.75, 3.05) is 6.61 Å². The molecule has 0 spiro atoms. The van der Waals surface area contributed by atoms with E-state index in [0.29, 0.717) is 23.2 Å². The Morgan fingerprint density at radius 2 is 2.18 bits per heavy atom. The van der Waals surface area contributed by atoms with Crippen LogP contribution in [0.25, 0.3) is 0 Å². The Morgan fingerprint density at radius 3 is 2.76 bits per heavy atom. The van der Waals surface area contributed by atoms with Gasteiger partial charge < -0.3 is 10.5 Å². The van der Waals surface area contributed by atoms with E-state index in [1.54, 1.807) is 6.07 Å². The summed E-state index contributed by atoms with van der Waals surface area (Å²) in [6.07, 6.45) is 0.602. The van der Waals surface area contributed by atoms with Crippen molar-refractivity contribution < 1.29 is 9.13 Å². The van der Waals surface area contributed by atoms with E-state index in [0.717, 1.165) is 0 Å². The van der Waals surface area contributed by atoms with Crippen LogP contribution >= 0.6 is 15.9 Å². The molecule has 0 fully saturated rings. The van der Waals surface area contributed by atoms with Crippen molar-refractivity contribution in [3.63, 3.8) is 0 Å². The van der Waals surface area contributed by atoms with Crippen LogP contribution in [0, 0.1) is 16.6 Å². The topological polar surface area (TPSA) is 59.1 Å². The van der Waals surface area contributed by atoms with Crippen molar-refractivity contribution in [3.8, 4) is 5.75 Å². The first-order valence-corrected chi connectivity index (χ1v) is 6.04. The minimum absolute atomic E-state index is 0.124. The van der Waals surface area contributed by atoms with Crippen LogP contribution in [0.2, 0.25) is 0 Å². The smallest absolute Gasteiger partial charge is 0.136 e. The molecule has 3 nitrogen and oxygen atoms in total. The van der Waals surface area contributed by atoms with Crippen LogP contribution in [0.4, 0.5) is 4.39 Å². The van der Waals surface area contributed by atoms with Crippen LogP contribution in [0.1, 0.15) is 20.3 Å². The standard InChI is InChI=1S/C12H16BrFN2O/c1-12(2,11(15)16)5-6-17-10-7-8(14)3-4-9(10)13/h3-4,7H,5-6H2,1-2H3,(H3,15,16). The summed E-state index contributed by atoms with van der Waals surface area (Å²) in [4.78, 5) is 0. The first kappa shape index (κ1) is 14.0. The molecule has 0 aliphatic heterocycles. The Hall–Kier alpha value is -1.10. The number of amidine groups is 1. The molecule has 0 aromatic heterocycles. The highest BCUT2D eigenvalue weighted by Gasteiger charge is 2.21. The fourth-order valence-electron chi connectivity index (χ4n) is 1.14. The van der Waals surface area contributed by atoms with Gasteiger partial charge in [-0.3, -0.25) is 5.41 Å². The van der Waals surface area contributed by atoms with Gasteiger partial charge >= 0.3 is 0 Å². The number of hydrogen-bond acceptors (Lipinski definition) is 2. The van der Waals surface area contributed by atoms with Crippen LogP contribution in [-0.4, -0.2) is 12.4 Å². The van der Waals surface area contributed by atoms with Crippen molar-refractivity contribution in [3.05, 3.63) is 28.5 Å². The predicted octanol–water partition coefficient (Wildman–Crippen LogP) is 3.32. The van der Waals surface area contributed by atoms with Gasteiger partial charge in [-0.1, -0.05) is 13.8 Å². The molecule has 0 amide bonds. The Bertz CT molecular complexity index is 421. The van der Waals surface area contributed by atoms with Gasteiger partial charge in [0.15, 0.2) is 0 Å². The quantitative estimate of drug-likeness (QED) is 0.647. The molecule has 0 aliphatic rings. The molecule has 5 heteroatoms. The third-order valence-electron chi connectivity index (χ3n) is 2.61. The molecule has 0 saturated heterocycles. The van der Waals surface area contributed by atoms with Crippen LogP contribution in [0.15, 0.2) is 22.7 Å². The average molecular weight is 303 g/mol. The second kappa shape index (κ2) is 5.49. The van der Waals surface area contributed by atoms with Crippen molar-refractivity contribution in [1.29, 1.82) is 5.41 Å². The summed E-state index contributed by atoms with van der Waals surface area (Å²) in [5.74, 6) is 0.248. The van der Waals surface area contributed by atoms with E-state index in [2.05, 4.69) is 15.9 Å². The lowest BCUT2D eigenvalue weighted by molar-refractivity contribution is 0.266. The van der Waals surface area contributed by atoms with E-state index >= 15 is 0 Å². The second-order valence-corrected chi connectivity index (χ2v) is 5.33. The molecular weight excluding hydrogens is 287 g/mol. The summed E-state index contributed by atoms with van der Waals surface area (Å²) in [6, 6.07) is 4.28.